The van der Waals surface area contributed by atoms with Crippen LogP contribution in [0.2, 0.25) is 0 Å². The van der Waals surface area contributed by atoms with Crippen molar-refractivity contribution in [1.82, 2.24) is 15.1 Å². The first-order valence-electron chi connectivity index (χ1n) is 5.73. The van der Waals surface area contributed by atoms with E-state index in [9.17, 15) is 13.6 Å². The number of hydrogen-bond donors (Lipinski definition) is 1. The minimum Gasteiger partial charge on any atom is -0.314 e. The lowest BCUT2D eigenvalue weighted by Crippen LogP contribution is -2.23. The first kappa shape index (κ1) is 13.4. The largest absolute Gasteiger partial charge is 0.314 e. The van der Waals surface area contributed by atoms with Crippen LogP contribution in [0.15, 0.2) is 29.1 Å². The van der Waals surface area contributed by atoms with Gasteiger partial charge in [-0.05, 0) is 26.1 Å². The molecule has 0 saturated carbocycles. The fourth-order valence-electron chi connectivity index (χ4n) is 1.77. The summed E-state index contributed by atoms with van der Waals surface area (Å²) in [6.07, 6.45) is 0. The van der Waals surface area contributed by atoms with Gasteiger partial charge in [0.1, 0.15) is 17.2 Å². The summed E-state index contributed by atoms with van der Waals surface area (Å²) >= 11 is 0. The van der Waals surface area contributed by atoms with Crippen LogP contribution < -0.4 is 10.7 Å². The first-order chi connectivity index (χ1) is 9.02. The fourth-order valence-corrected chi connectivity index (χ4v) is 1.77. The molecule has 2 rings (SSSR count). The van der Waals surface area contributed by atoms with Gasteiger partial charge < -0.3 is 5.32 Å². The van der Waals surface area contributed by atoms with Crippen molar-refractivity contribution in [3.05, 3.63) is 57.5 Å². The van der Waals surface area contributed by atoms with Crippen molar-refractivity contribution in [3.8, 4) is 5.69 Å². The zero-order chi connectivity index (χ0) is 14.0. The number of rotatable bonds is 3. The Morgan fingerprint density at radius 2 is 2.05 bits per heavy atom. The second-order valence-corrected chi connectivity index (χ2v) is 4.13. The molecule has 0 amide bonds. The van der Waals surface area contributed by atoms with E-state index in [-0.39, 0.29) is 23.4 Å². The van der Waals surface area contributed by atoms with Gasteiger partial charge in [-0.2, -0.15) is 5.10 Å². The van der Waals surface area contributed by atoms with Crippen LogP contribution in [0.1, 0.15) is 11.4 Å². The van der Waals surface area contributed by atoms with Gasteiger partial charge in [-0.3, -0.25) is 4.79 Å². The molecule has 100 valence electrons. The quantitative estimate of drug-likeness (QED) is 0.915. The normalized spacial score (nSPS) is 10.7. The Labute approximate surface area is 108 Å². The van der Waals surface area contributed by atoms with E-state index in [0.717, 1.165) is 12.1 Å². The van der Waals surface area contributed by atoms with Gasteiger partial charge in [0, 0.05) is 24.4 Å². The lowest BCUT2D eigenvalue weighted by molar-refractivity contribution is 0.568. The van der Waals surface area contributed by atoms with Crippen LogP contribution >= 0.6 is 0 Å². The highest BCUT2D eigenvalue weighted by Gasteiger charge is 2.11. The third kappa shape index (κ3) is 2.68. The molecule has 2 aromatic rings. The van der Waals surface area contributed by atoms with Crippen LogP contribution in [0.25, 0.3) is 5.69 Å². The van der Waals surface area contributed by atoms with Gasteiger partial charge in [0.15, 0.2) is 5.82 Å². The summed E-state index contributed by atoms with van der Waals surface area (Å²) in [7, 11) is 1.68. The molecule has 1 heterocycles. The number of halogens is 2. The first-order valence-corrected chi connectivity index (χ1v) is 5.73. The average molecular weight is 265 g/mol. The molecule has 0 aliphatic heterocycles. The molecule has 4 nitrogen and oxygen atoms in total. The van der Waals surface area contributed by atoms with E-state index in [1.165, 1.54) is 16.8 Å². The van der Waals surface area contributed by atoms with Crippen molar-refractivity contribution < 1.29 is 8.78 Å². The second-order valence-electron chi connectivity index (χ2n) is 4.13. The van der Waals surface area contributed by atoms with Crippen LogP contribution in [-0.2, 0) is 6.54 Å². The fraction of sp³-hybridized carbons (Fsp3) is 0.231. The Hall–Kier alpha value is -2.08. The number of aromatic nitrogens is 2. The summed E-state index contributed by atoms with van der Waals surface area (Å²) in [5, 5.41) is 6.92. The molecule has 0 saturated heterocycles. The summed E-state index contributed by atoms with van der Waals surface area (Å²) in [6, 6.07) is 4.60. The predicted molar refractivity (Wildman–Crippen MR) is 67.3 cm³/mol. The van der Waals surface area contributed by atoms with E-state index >= 15 is 0 Å². The van der Waals surface area contributed by atoms with E-state index < -0.39 is 11.6 Å². The standard InChI is InChI=1S/C13H13F2N3O/c1-8-5-13(19)11(7-16-2)17-18(8)12-4-3-9(14)6-10(12)15/h3-6,16H,7H2,1-2H3. The molecule has 0 spiro atoms. The molecule has 0 aliphatic carbocycles. The molecule has 1 aromatic heterocycles. The van der Waals surface area contributed by atoms with E-state index in [0.29, 0.717) is 5.69 Å². The lowest BCUT2D eigenvalue weighted by Gasteiger charge is -2.11. The molecule has 0 atom stereocenters. The number of nitrogens with zero attached hydrogens (tertiary/aromatic N) is 2. The molecule has 0 aliphatic rings. The van der Waals surface area contributed by atoms with Gasteiger partial charge in [0.05, 0.1) is 0 Å². The van der Waals surface area contributed by atoms with Crippen molar-refractivity contribution in [3.63, 3.8) is 0 Å². The summed E-state index contributed by atoms with van der Waals surface area (Å²) in [5.41, 5.74) is 0.647. The molecule has 6 heteroatoms. The minimum absolute atomic E-state index is 0.108. The Bertz CT molecular complexity index is 667. The minimum atomic E-state index is -0.727. The monoisotopic (exact) mass is 265 g/mol. The third-order valence-corrected chi connectivity index (χ3v) is 2.66. The molecule has 0 unspecified atom stereocenters. The molecule has 0 fully saturated rings. The Morgan fingerprint density at radius 3 is 2.68 bits per heavy atom. The van der Waals surface area contributed by atoms with Crippen molar-refractivity contribution in [2.24, 2.45) is 0 Å². The zero-order valence-electron chi connectivity index (χ0n) is 10.6. The molecule has 0 bridgehead atoms. The van der Waals surface area contributed by atoms with Gasteiger partial charge in [-0.15, -0.1) is 0 Å². The van der Waals surface area contributed by atoms with Gasteiger partial charge in [-0.25, -0.2) is 13.5 Å². The Morgan fingerprint density at radius 1 is 1.32 bits per heavy atom. The van der Waals surface area contributed by atoms with E-state index in [2.05, 4.69) is 10.4 Å². The third-order valence-electron chi connectivity index (χ3n) is 2.66. The number of aryl methyl sites for hydroxylation is 1. The van der Waals surface area contributed by atoms with Gasteiger partial charge in [0.25, 0.3) is 0 Å². The summed E-state index contributed by atoms with van der Waals surface area (Å²) in [6.45, 7) is 1.92. The molecule has 1 aromatic carbocycles. The van der Waals surface area contributed by atoms with Crippen molar-refractivity contribution in [1.29, 1.82) is 0 Å². The maximum absolute atomic E-state index is 13.7. The van der Waals surface area contributed by atoms with Gasteiger partial charge >= 0.3 is 0 Å². The lowest BCUT2D eigenvalue weighted by atomic mass is 10.2. The SMILES string of the molecule is CNCc1nn(-c2ccc(F)cc2F)c(C)cc1=O. The van der Waals surface area contributed by atoms with Crippen LogP contribution in [0.3, 0.4) is 0 Å². The second kappa shape index (κ2) is 5.27. The number of benzene rings is 1. The average Bonchev–Trinajstić information content (AvgIpc) is 2.34. The summed E-state index contributed by atoms with van der Waals surface area (Å²) < 4.78 is 27.9. The van der Waals surface area contributed by atoms with Crippen molar-refractivity contribution in [2.45, 2.75) is 13.5 Å². The van der Waals surface area contributed by atoms with E-state index in [4.69, 9.17) is 0 Å². The number of nitrogens with one attached hydrogen (secondary N) is 1. The highest BCUT2D eigenvalue weighted by molar-refractivity contribution is 5.34. The summed E-state index contributed by atoms with van der Waals surface area (Å²) in [5.74, 6) is -1.38. The van der Waals surface area contributed by atoms with Gasteiger partial charge in [0.2, 0.25) is 5.43 Å². The highest BCUT2D eigenvalue weighted by Crippen LogP contribution is 2.15. The van der Waals surface area contributed by atoms with E-state index in [1.54, 1.807) is 14.0 Å². The molecule has 19 heavy (non-hydrogen) atoms. The molecule has 0 radical (unpaired) electrons. The number of hydrogen-bond acceptors (Lipinski definition) is 3. The van der Waals surface area contributed by atoms with Crippen molar-refractivity contribution >= 4 is 0 Å². The molecular weight excluding hydrogens is 252 g/mol. The maximum Gasteiger partial charge on any atom is 0.204 e. The molecular formula is C13H13F2N3O. The summed E-state index contributed by atoms with van der Waals surface area (Å²) in [4.78, 5) is 11.7. The Balaban J connectivity index is 2.61. The van der Waals surface area contributed by atoms with Crippen molar-refractivity contribution in [2.75, 3.05) is 7.05 Å². The smallest absolute Gasteiger partial charge is 0.204 e. The van der Waals surface area contributed by atoms with Gasteiger partial charge in [-0.1, -0.05) is 0 Å². The van der Waals surface area contributed by atoms with Crippen LogP contribution in [-0.4, -0.2) is 16.8 Å². The highest BCUT2D eigenvalue weighted by atomic mass is 19.1. The molecule has 1 N–H and O–H groups in total. The topological polar surface area (TPSA) is 46.9 Å². The van der Waals surface area contributed by atoms with E-state index in [1.807, 2.05) is 0 Å². The van der Waals surface area contributed by atoms with Crippen LogP contribution in [0.5, 0.6) is 0 Å². The zero-order valence-corrected chi connectivity index (χ0v) is 10.6. The Kier molecular flexibility index (Phi) is 3.71. The maximum atomic E-state index is 13.7. The predicted octanol–water partition coefficient (Wildman–Crippen LogP) is 1.54. The van der Waals surface area contributed by atoms with Crippen LogP contribution in [0, 0.1) is 18.6 Å². The van der Waals surface area contributed by atoms with Crippen LogP contribution in [0.4, 0.5) is 8.78 Å².